The Bertz CT molecular complexity index is 682. The first kappa shape index (κ1) is 42.3. The molecule has 0 saturated heterocycles. The lowest BCUT2D eigenvalue weighted by atomic mass is 10.0. The van der Waals surface area contributed by atoms with Gasteiger partial charge in [0.05, 0.1) is 6.61 Å². The van der Waals surface area contributed by atoms with Crippen LogP contribution in [0.5, 0.6) is 0 Å². The molecule has 44 heavy (non-hydrogen) atoms. The van der Waals surface area contributed by atoms with E-state index in [-0.39, 0.29) is 18.0 Å². The van der Waals surface area contributed by atoms with Crippen LogP contribution in [0.4, 0.5) is 0 Å². The number of hydrogen-bond donors (Lipinski definition) is 1. The van der Waals surface area contributed by atoms with Crippen molar-refractivity contribution in [2.24, 2.45) is 0 Å². The maximum absolute atomic E-state index is 12.8. The van der Waals surface area contributed by atoms with Crippen LogP contribution in [-0.4, -0.2) is 55.4 Å². The van der Waals surface area contributed by atoms with Gasteiger partial charge in [0, 0.05) is 19.4 Å². The smallest absolute Gasteiger partial charge is 0.306 e. The molecule has 6 heteroatoms. The predicted octanol–water partition coefficient (Wildman–Crippen LogP) is 10.8. The van der Waals surface area contributed by atoms with Crippen LogP contribution in [0, 0.1) is 5.41 Å². The van der Waals surface area contributed by atoms with Crippen molar-refractivity contribution in [2.45, 2.75) is 187 Å². The first-order valence-electron chi connectivity index (χ1n) is 18.8. The molecule has 6 nitrogen and oxygen atoms in total. The lowest BCUT2D eigenvalue weighted by Gasteiger charge is -2.22. The highest BCUT2D eigenvalue weighted by Crippen LogP contribution is 2.17. The van der Waals surface area contributed by atoms with Crippen LogP contribution in [-0.2, 0) is 19.1 Å². The summed E-state index contributed by atoms with van der Waals surface area (Å²) in [5, 5.41) is 7.45. The van der Waals surface area contributed by atoms with Crippen molar-refractivity contribution in [3.05, 3.63) is 12.2 Å². The third-order valence-electron chi connectivity index (χ3n) is 8.26. The molecule has 0 spiro atoms. The van der Waals surface area contributed by atoms with Crippen LogP contribution < -0.4 is 0 Å². The van der Waals surface area contributed by atoms with Gasteiger partial charge in [0.2, 0.25) is 0 Å². The number of ether oxygens (including phenoxy) is 2. The van der Waals surface area contributed by atoms with Gasteiger partial charge in [0.15, 0.2) is 0 Å². The summed E-state index contributed by atoms with van der Waals surface area (Å²) in [7, 11) is 0. The fraction of sp³-hybridized carbons (Fsp3) is 0.868. The van der Waals surface area contributed by atoms with Crippen LogP contribution in [0.3, 0.4) is 0 Å². The number of nitrogens with one attached hydrogen (secondary N) is 1. The van der Waals surface area contributed by atoms with Gasteiger partial charge in [-0.05, 0) is 89.9 Å². The van der Waals surface area contributed by atoms with E-state index >= 15 is 0 Å². The molecular formula is C38H72N2O4. The first-order valence-corrected chi connectivity index (χ1v) is 18.8. The zero-order valence-corrected chi connectivity index (χ0v) is 29.4. The van der Waals surface area contributed by atoms with E-state index in [1.807, 2.05) is 0 Å². The summed E-state index contributed by atoms with van der Waals surface area (Å²) >= 11 is 0. The number of unbranched alkanes of at least 4 members (excludes halogenated alkanes) is 14. The normalized spacial score (nSPS) is 12.2. The van der Waals surface area contributed by atoms with E-state index in [0.717, 1.165) is 116 Å². The molecule has 0 rings (SSSR count). The number of esters is 2. The lowest BCUT2D eigenvalue weighted by molar-refractivity contribution is -0.150. The fourth-order valence-electron chi connectivity index (χ4n) is 5.48. The average Bonchev–Trinajstić information content (AvgIpc) is 3.02. The summed E-state index contributed by atoms with van der Waals surface area (Å²) in [6.07, 6.45) is 32.6. The minimum Gasteiger partial charge on any atom is -0.466 e. The van der Waals surface area contributed by atoms with Gasteiger partial charge in [0.1, 0.15) is 6.10 Å². The van der Waals surface area contributed by atoms with Gasteiger partial charge in [-0.3, -0.25) is 9.59 Å². The molecule has 0 saturated carbocycles. The van der Waals surface area contributed by atoms with E-state index < -0.39 is 0 Å². The maximum atomic E-state index is 12.8. The fourth-order valence-corrected chi connectivity index (χ4v) is 5.48. The van der Waals surface area contributed by atoms with Gasteiger partial charge in [-0.1, -0.05) is 110 Å². The Morgan fingerprint density at radius 2 is 1.18 bits per heavy atom. The third-order valence-corrected chi connectivity index (χ3v) is 8.26. The Balaban J connectivity index is 4.28. The van der Waals surface area contributed by atoms with Crippen molar-refractivity contribution in [3.63, 3.8) is 0 Å². The zero-order valence-electron chi connectivity index (χ0n) is 29.4. The van der Waals surface area contributed by atoms with Gasteiger partial charge in [-0.25, -0.2) is 0 Å². The molecule has 0 aromatic heterocycles. The summed E-state index contributed by atoms with van der Waals surface area (Å²) in [5.74, 6) is -0.0882. The number of allylic oxidation sites excluding steroid dienone is 2. The molecule has 0 aliphatic rings. The molecule has 0 radical (unpaired) electrons. The molecule has 0 heterocycles. The van der Waals surface area contributed by atoms with Gasteiger partial charge < -0.3 is 19.8 Å². The Labute approximate surface area is 273 Å². The van der Waals surface area contributed by atoms with Crippen molar-refractivity contribution in [2.75, 3.05) is 26.2 Å². The SMILES string of the molecule is CCC/C=C/CCCC(CCCCCCCC)OC(=O)CCCN(CCC=N)CCCCCCCCC(=O)OCCCCC. The predicted molar refractivity (Wildman–Crippen MR) is 188 cm³/mol. The topological polar surface area (TPSA) is 79.7 Å². The minimum atomic E-state index is -0.0459. The molecule has 0 aromatic rings. The van der Waals surface area contributed by atoms with Crippen LogP contribution in [0.2, 0.25) is 0 Å². The van der Waals surface area contributed by atoms with E-state index in [9.17, 15) is 9.59 Å². The highest BCUT2D eigenvalue weighted by Gasteiger charge is 2.15. The molecule has 1 atom stereocenters. The monoisotopic (exact) mass is 621 g/mol. The van der Waals surface area contributed by atoms with Gasteiger partial charge >= 0.3 is 11.9 Å². The highest BCUT2D eigenvalue weighted by atomic mass is 16.5. The summed E-state index contributed by atoms with van der Waals surface area (Å²) in [4.78, 5) is 27.0. The number of nitrogens with zero attached hydrogens (tertiary/aromatic N) is 1. The summed E-state index contributed by atoms with van der Waals surface area (Å²) < 4.78 is 11.3. The van der Waals surface area contributed by atoms with Crippen LogP contribution in [0.15, 0.2) is 12.2 Å². The van der Waals surface area contributed by atoms with E-state index in [1.54, 1.807) is 0 Å². The molecule has 0 aliphatic heterocycles. The standard InChI is InChI=1S/C38H72N2O4/c1-4-7-10-12-16-20-27-36(28-21-17-13-11-8-5-2)44-38(42)30-25-33-40(34-26-31-39)32-23-19-15-14-18-22-29-37(41)43-35-24-9-6-3/h10,12,31,36,39H,4-9,11,13-30,32-35H2,1-3H3/b12-10+,39-31?. The molecule has 0 amide bonds. The molecule has 1 unspecified atom stereocenters. The van der Waals surface area contributed by atoms with E-state index in [0.29, 0.717) is 19.4 Å². The van der Waals surface area contributed by atoms with Gasteiger partial charge in [-0.15, -0.1) is 0 Å². The van der Waals surface area contributed by atoms with Crippen LogP contribution >= 0.6 is 0 Å². The van der Waals surface area contributed by atoms with Crippen LogP contribution in [0.25, 0.3) is 0 Å². The van der Waals surface area contributed by atoms with Crippen molar-refractivity contribution < 1.29 is 19.1 Å². The molecule has 0 aromatic carbocycles. The zero-order chi connectivity index (χ0) is 32.4. The second-order valence-electron chi connectivity index (χ2n) is 12.6. The van der Waals surface area contributed by atoms with Crippen molar-refractivity contribution in [3.8, 4) is 0 Å². The van der Waals surface area contributed by atoms with Gasteiger partial charge in [0.25, 0.3) is 0 Å². The van der Waals surface area contributed by atoms with Crippen molar-refractivity contribution >= 4 is 18.2 Å². The molecular weight excluding hydrogens is 548 g/mol. The summed E-state index contributed by atoms with van der Waals surface area (Å²) in [6, 6.07) is 0. The molecule has 258 valence electrons. The Morgan fingerprint density at radius 3 is 1.91 bits per heavy atom. The quantitative estimate of drug-likeness (QED) is 0.0335. The first-order chi connectivity index (χ1) is 21.6. The van der Waals surface area contributed by atoms with E-state index in [4.69, 9.17) is 14.9 Å². The summed E-state index contributed by atoms with van der Waals surface area (Å²) in [6.45, 7) is 9.95. The second kappa shape index (κ2) is 34.2. The number of carbonyl (C=O) groups excluding carboxylic acids is 2. The Kier molecular flexibility index (Phi) is 32.9. The lowest BCUT2D eigenvalue weighted by Crippen LogP contribution is -2.28. The summed E-state index contributed by atoms with van der Waals surface area (Å²) in [5.41, 5.74) is 0. The van der Waals surface area contributed by atoms with E-state index in [1.165, 1.54) is 57.6 Å². The number of rotatable bonds is 34. The number of hydrogen-bond acceptors (Lipinski definition) is 6. The third kappa shape index (κ3) is 30.3. The van der Waals surface area contributed by atoms with Gasteiger partial charge in [-0.2, -0.15) is 0 Å². The second-order valence-corrected chi connectivity index (χ2v) is 12.6. The van der Waals surface area contributed by atoms with E-state index in [2.05, 4.69) is 37.8 Å². The average molecular weight is 621 g/mol. The molecule has 0 aliphatic carbocycles. The molecule has 1 N–H and O–H groups in total. The molecule has 0 fully saturated rings. The largest absolute Gasteiger partial charge is 0.466 e. The Hall–Kier alpha value is -1.69. The van der Waals surface area contributed by atoms with Crippen LogP contribution in [0.1, 0.15) is 181 Å². The minimum absolute atomic E-state index is 0.0423. The maximum Gasteiger partial charge on any atom is 0.306 e. The number of carbonyl (C=O) groups is 2. The highest BCUT2D eigenvalue weighted by molar-refractivity contribution is 5.69. The Morgan fingerprint density at radius 1 is 0.591 bits per heavy atom. The van der Waals surface area contributed by atoms with Crippen molar-refractivity contribution in [1.29, 1.82) is 5.41 Å². The molecule has 0 bridgehead atoms. The van der Waals surface area contributed by atoms with Crippen molar-refractivity contribution in [1.82, 2.24) is 4.90 Å².